The van der Waals surface area contributed by atoms with Gasteiger partial charge in [-0.25, -0.2) is 0 Å². The summed E-state index contributed by atoms with van der Waals surface area (Å²) >= 11 is 6.41. The smallest absolute Gasteiger partial charge is 0.314 e. The maximum atomic E-state index is 13.4. The summed E-state index contributed by atoms with van der Waals surface area (Å²) in [6.07, 6.45) is 3.37. The van der Waals surface area contributed by atoms with Gasteiger partial charge < -0.3 is 4.74 Å². The average molecular weight is 444 g/mol. The van der Waals surface area contributed by atoms with Gasteiger partial charge in [-0.2, -0.15) is 0 Å². The maximum absolute atomic E-state index is 13.4. The van der Waals surface area contributed by atoms with Crippen LogP contribution in [0.1, 0.15) is 57.1 Å². The second kappa shape index (κ2) is 10.3. The van der Waals surface area contributed by atoms with E-state index >= 15 is 0 Å². The molecule has 0 aliphatic heterocycles. The lowest BCUT2D eigenvalue weighted by atomic mass is 9.75. The molecule has 2 aromatic rings. The van der Waals surface area contributed by atoms with Crippen LogP contribution in [0.25, 0.3) is 0 Å². The van der Waals surface area contributed by atoms with E-state index in [4.69, 9.17) is 16.3 Å². The summed E-state index contributed by atoms with van der Waals surface area (Å²) in [7, 11) is 0. The summed E-state index contributed by atoms with van der Waals surface area (Å²) in [6, 6.07) is 14.0. The molecule has 2 aromatic carbocycles. The number of ether oxygens (including phenoxy) is 1. The standard InChI is InChI=1S/C25H30ClNO4/c1-16(2)20-11-9-17(3)13-24(20)31-25(28)22(14-18-7-5-4-6-8-18)21-12-10-19(27(29)30)15-23(21)26/h4-8,10,12,15-17,20,22,24H,9,11,13-14H2,1-3H3/t17-,20+,22-,24-/m1/s1. The molecule has 1 aliphatic rings. The number of nitro groups is 1. The molecule has 5 nitrogen and oxygen atoms in total. The van der Waals surface area contributed by atoms with Crippen molar-refractivity contribution in [2.45, 2.75) is 58.5 Å². The molecule has 0 N–H and O–H groups in total. The highest BCUT2D eigenvalue weighted by Crippen LogP contribution is 2.38. The van der Waals surface area contributed by atoms with Crippen LogP contribution in [0.3, 0.4) is 0 Å². The van der Waals surface area contributed by atoms with Gasteiger partial charge in [0.2, 0.25) is 0 Å². The number of carbonyl (C=O) groups excluding carboxylic acids is 1. The van der Waals surface area contributed by atoms with Crippen molar-refractivity contribution in [1.29, 1.82) is 0 Å². The molecule has 1 aliphatic carbocycles. The van der Waals surface area contributed by atoms with Crippen molar-refractivity contribution in [3.8, 4) is 0 Å². The van der Waals surface area contributed by atoms with Gasteiger partial charge in [-0.15, -0.1) is 0 Å². The number of nitrogens with zero attached hydrogens (tertiary/aromatic N) is 1. The zero-order valence-electron chi connectivity index (χ0n) is 18.3. The Balaban J connectivity index is 1.90. The van der Waals surface area contributed by atoms with Crippen LogP contribution in [-0.2, 0) is 16.0 Å². The van der Waals surface area contributed by atoms with Gasteiger partial charge in [0.1, 0.15) is 6.10 Å². The Hall–Kier alpha value is -2.40. The van der Waals surface area contributed by atoms with Gasteiger partial charge in [0.15, 0.2) is 0 Å². The van der Waals surface area contributed by atoms with E-state index in [1.165, 1.54) is 12.1 Å². The predicted octanol–water partition coefficient (Wildman–Crippen LogP) is 6.58. The molecule has 0 aromatic heterocycles. The molecule has 1 saturated carbocycles. The van der Waals surface area contributed by atoms with Gasteiger partial charge in [0.25, 0.3) is 5.69 Å². The fraction of sp³-hybridized carbons (Fsp3) is 0.480. The molecule has 1 fully saturated rings. The van der Waals surface area contributed by atoms with E-state index in [0.717, 1.165) is 24.8 Å². The molecular formula is C25H30ClNO4. The van der Waals surface area contributed by atoms with Crippen LogP contribution in [0, 0.1) is 27.9 Å². The van der Waals surface area contributed by atoms with E-state index in [0.29, 0.717) is 29.7 Å². The van der Waals surface area contributed by atoms with Crippen LogP contribution in [0.4, 0.5) is 5.69 Å². The van der Waals surface area contributed by atoms with E-state index in [-0.39, 0.29) is 22.8 Å². The number of rotatable bonds is 7. The first-order valence-corrected chi connectivity index (χ1v) is 11.3. The summed E-state index contributed by atoms with van der Waals surface area (Å²) in [5.74, 6) is 0.346. The molecule has 4 atom stereocenters. The van der Waals surface area contributed by atoms with E-state index in [2.05, 4.69) is 20.8 Å². The van der Waals surface area contributed by atoms with Crippen molar-refractivity contribution >= 4 is 23.3 Å². The first-order chi connectivity index (χ1) is 14.8. The molecule has 0 heterocycles. The van der Waals surface area contributed by atoms with Crippen LogP contribution in [-0.4, -0.2) is 17.0 Å². The Kier molecular flexibility index (Phi) is 7.71. The maximum Gasteiger partial charge on any atom is 0.314 e. The molecule has 0 spiro atoms. The highest BCUT2D eigenvalue weighted by atomic mass is 35.5. The molecule has 166 valence electrons. The van der Waals surface area contributed by atoms with Crippen molar-refractivity contribution in [3.05, 3.63) is 74.8 Å². The number of nitro benzene ring substituents is 1. The van der Waals surface area contributed by atoms with Gasteiger partial charge in [0.05, 0.1) is 15.9 Å². The van der Waals surface area contributed by atoms with E-state index < -0.39 is 10.8 Å². The Morgan fingerprint density at radius 3 is 2.52 bits per heavy atom. The Labute approximate surface area is 188 Å². The van der Waals surface area contributed by atoms with Gasteiger partial charge >= 0.3 is 5.97 Å². The number of hydrogen-bond donors (Lipinski definition) is 0. The third-order valence-electron chi connectivity index (χ3n) is 6.37. The minimum Gasteiger partial charge on any atom is -0.462 e. The zero-order valence-corrected chi connectivity index (χ0v) is 19.0. The zero-order chi connectivity index (χ0) is 22.5. The van der Waals surface area contributed by atoms with Crippen molar-refractivity contribution in [2.24, 2.45) is 17.8 Å². The van der Waals surface area contributed by atoms with Crippen molar-refractivity contribution < 1.29 is 14.5 Å². The first-order valence-electron chi connectivity index (χ1n) is 10.9. The number of non-ortho nitro benzene ring substituents is 1. The summed E-state index contributed by atoms with van der Waals surface area (Å²) in [4.78, 5) is 24.1. The number of esters is 1. The molecule has 0 saturated heterocycles. The minimum atomic E-state index is -0.624. The van der Waals surface area contributed by atoms with Gasteiger partial charge in [-0.05, 0) is 54.2 Å². The summed E-state index contributed by atoms with van der Waals surface area (Å²) in [6.45, 7) is 6.55. The predicted molar refractivity (Wildman–Crippen MR) is 122 cm³/mol. The second-order valence-electron chi connectivity index (χ2n) is 9.01. The third-order valence-corrected chi connectivity index (χ3v) is 6.69. The normalized spacial score (nSPS) is 22.2. The highest BCUT2D eigenvalue weighted by Gasteiger charge is 2.36. The number of halogens is 1. The second-order valence-corrected chi connectivity index (χ2v) is 9.41. The summed E-state index contributed by atoms with van der Waals surface area (Å²) in [5.41, 5.74) is 1.45. The van der Waals surface area contributed by atoms with Crippen molar-refractivity contribution in [3.63, 3.8) is 0 Å². The minimum absolute atomic E-state index is 0.0958. The fourth-order valence-corrected chi connectivity index (χ4v) is 4.87. The van der Waals surface area contributed by atoms with E-state index in [1.54, 1.807) is 6.07 Å². The van der Waals surface area contributed by atoms with Gasteiger partial charge in [-0.3, -0.25) is 14.9 Å². The van der Waals surface area contributed by atoms with Crippen LogP contribution in [0.2, 0.25) is 5.02 Å². The molecule has 3 rings (SSSR count). The quantitative estimate of drug-likeness (QED) is 0.275. The van der Waals surface area contributed by atoms with E-state index in [9.17, 15) is 14.9 Å². The lowest BCUT2D eigenvalue weighted by Gasteiger charge is -2.37. The summed E-state index contributed by atoms with van der Waals surface area (Å²) < 4.78 is 6.13. The van der Waals surface area contributed by atoms with Gasteiger partial charge in [0, 0.05) is 12.1 Å². The number of carbonyl (C=O) groups is 1. The van der Waals surface area contributed by atoms with Crippen molar-refractivity contribution in [1.82, 2.24) is 0 Å². The van der Waals surface area contributed by atoms with Crippen LogP contribution < -0.4 is 0 Å². The molecule has 0 radical (unpaired) electrons. The third kappa shape index (κ3) is 5.85. The Bertz CT molecular complexity index is 915. The summed E-state index contributed by atoms with van der Waals surface area (Å²) in [5, 5.41) is 11.3. The molecule has 6 heteroatoms. The lowest BCUT2D eigenvalue weighted by molar-refractivity contribution is -0.384. The molecule has 0 bridgehead atoms. The van der Waals surface area contributed by atoms with Crippen molar-refractivity contribution in [2.75, 3.05) is 0 Å². The SMILES string of the molecule is CC(C)[C@@H]1CC[C@@H](C)C[C@H]1OC(=O)[C@H](Cc1ccccc1)c1ccc([N+](=O)[O-])cc1Cl. The van der Waals surface area contributed by atoms with Crippen LogP contribution in [0.15, 0.2) is 48.5 Å². The number of hydrogen-bond acceptors (Lipinski definition) is 4. The molecule has 0 amide bonds. The van der Waals surface area contributed by atoms with Crippen LogP contribution >= 0.6 is 11.6 Å². The average Bonchev–Trinajstić information content (AvgIpc) is 2.72. The Morgan fingerprint density at radius 2 is 1.90 bits per heavy atom. The fourth-order valence-electron chi connectivity index (χ4n) is 4.56. The van der Waals surface area contributed by atoms with Crippen LogP contribution in [0.5, 0.6) is 0 Å². The molecular weight excluding hydrogens is 414 g/mol. The lowest BCUT2D eigenvalue weighted by Crippen LogP contribution is -2.37. The highest BCUT2D eigenvalue weighted by molar-refractivity contribution is 6.31. The molecule has 31 heavy (non-hydrogen) atoms. The number of benzene rings is 2. The van der Waals surface area contributed by atoms with E-state index in [1.807, 2.05) is 30.3 Å². The largest absolute Gasteiger partial charge is 0.462 e. The monoisotopic (exact) mass is 443 g/mol. The Morgan fingerprint density at radius 1 is 1.19 bits per heavy atom. The first kappa shape index (κ1) is 23.3. The van der Waals surface area contributed by atoms with Gasteiger partial charge in [-0.1, -0.05) is 69.1 Å². The molecule has 0 unspecified atom stereocenters. The topological polar surface area (TPSA) is 69.4 Å².